The van der Waals surface area contributed by atoms with Gasteiger partial charge in [-0.05, 0) is 30.7 Å². The summed E-state index contributed by atoms with van der Waals surface area (Å²) in [6.45, 7) is 2.76. The summed E-state index contributed by atoms with van der Waals surface area (Å²) in [5, 5.41) is 0. The normalized spacial score (nSPS) is 10.1. The number of benzene rings is 1. The van der Waals surface area contributed by atoms with Crippen LogP contribution >= 0.6 is 11.8 Å². The number of hydrogen-bond acceptors (Lipinski definition) is 3. The Morgan fingerprint density at radius 3 is 2.77 bits per heavy atom. The maximum Gasteiger partial charge on any atom is 0.121 e. The van der Waals surface area contributed by atoms with E-state index < -0.39 is 0 Å². The summed E-state index contributed by atoms with van der Waals surface area (Å²) in [6, 6.07) is 6.18. The fourth-order valence-corrected chi connectivity index (χ4v) is 1.90. The van der Waals surface area contributed by atoms with Crippen LogP contribution in [0.5, 0.6) is 5.75 Å². The van der Waals surface area contributed by atoms with Gasteiger partial charge < -0.3 is 10.5 Å². The van der Waals surface area contributed by atoms with Crippen LogP contribution in [0.4, 0.5) is 0 Å². The number of rotatable bonds is 4. The molecule has 0 aliphatic rings. The largest absolute Gasteiger partial charge is 0.496 e. The van der Waals surface area contributed by atoms with Crippen LogP contribution in [0.25, 0.3) is 0 Å². The van der Waals surface area contributed by atoms with Crippen LogP contribution in [0.15, 0.2) is 23.1 Å². The van der Waals surface area contributed by atoms with Gasteiger partial charge in [-0.1, -0.05) is 0 Å². The molecule has 0 saturated heterocycles. The van der Waals surface area contributed by atoms with Gasteiger partial charge in [-0.2, -0.15) is 0 Å². The molecule has 0 heterocycles. The van der Waals surface area contributed by atoms with E-state index in [2.05, 4.69) is 12.1 Å². The molecule has 72 valence electrons. The first kappa shape index (κ1) is 10.4. The van der Waals surface area contributed by atoms with Gasteiger partial charge in [0.1, 0.15) is 5.75 Å². The van der Waals surface area contributed by atoms with E-state index in [0.717, 1.165) is 18.0 Å². The molecule has 0 radical (unpaired) electrons. The second kappa shape index (κ2) is 5.14. The number of aryl methyl sites for hydroxylation is 1. The molecule has 2 N–H and O–H groups in total. The lowest BCUT2D eigenvalue weighted by Gasteiger charge is -2.06. The van der Waals surface area contributed by atoms with Crippen molar-refractivity contribution in [1.82, 2.24) is 0 Å². The summed E-state index contributed by atoms with van der Waals surface area (Å²) in [5.74, 6) is 1.91. The Kier molecular flexibility index (Phi) is 4.12. The minimum atomic E-state index is 0.718. The van der Waals surface area contributed by atoms with Crippen LogP contribution in [0.2, 0.25) is 0 Å². The maximum absolute atomic E-state index is 5.42. The molecule has 0 spiro atoms. The van der Waals surface area contributed by atoms with Crippen molar-refractivity contribution in [1.29, 1.82) is 0 Å². The Morgan fingerprint density at radius 1 is 1.46 bits per heavy atom. The molecule has 0 atom stereocenters. The summed E-state index contributed by atoms with van der Waals surface area (Å²) < 4.78 is 5.17. The lowest BCUT2D eigenvalue weighted by Crippen LogP contribution is -2.00. The molecule has 13 heavy (non-hydrogen) atoms. The predicted octanol–water partition coefficient (Wildman–Crippen LogP) is 2.05. The molecule has 0 amide bonds. The highest BCUT2D eigenvalue weighted by Crippen LogP contribution is 2.24. The van der Waals surface area contributed by atoms with Gasteiger partial charge in [-0.15, -0.1) is 11.8 Å². The molecule has 1 aromatic carbocycles. The van der Waals surface area contributed by atoms with Gasteiger partial charge in [-0.3, -0.25) is 0 Å². The Bertz CT molecular complexity index is 276. The summed E-state index contributed by atoms with van der Waals surface area (Å²) in [7, 11) is 1.69. The molecule has 0 saturated carbocycles. The van der Waals surface area contributed by atoms with E-state index in [0.29, 0.717) is 0 Å². The molecule has 0 bridgehead atoms. The number of hydrogen-bond donors (Lipinski definition) is 1. The topological polar surface area (TPSA) is 35.2 Å². The van der Waals surface area contributed by atoms with Gasteiger partial charge in [0.15, 0.2) is 0 Å². The molecular weight excluding hydrogens is 182 g/mol. The first-order chi connectivity index (χ1) is 6.27. The number of thioether (sulfide) groups is 1. The average molecular weight is 197 g/mol. The average Bonchev–Trinajstić information content (AvgIpc) is 2.15. The van der Waals surface area contributed by atoms with Crippen molar-refractivity contribution in [3.8, 4) is 5.75 Å². The quantitative estimate of drug-likeness (QED) is 0.750. The third kappa shape index (κ3) is 2.94. The highest BCUT2D eigenvalue weighted by Gasteiger charge is 1.99. The summed E-state index contributed by atoms with van der Waals surface area (Å²) in [5.41, 5.74) is 6.60. The second-order valence-electron chi connectivity index (χ2n) is 2.77. The Hall–Kier alpha value is -0.670. The van der Waals surface area contributed by atoms with Gasteiger partial charge in [0.05, 0.1) is 7.11 Å². The molecule has 1 rings (SSSR count). The van der Waals surface area contributed by atoms with E-state index in [1.807, 2.05) is 13.0 Å². The molecule has 0 unspecified atom stereocenters. The number of methoxy groups -OCH3 is 1. The van der Waals surface area contributed by atoms with Crippen LogP contribution in [0.3, 0.4) is 0 Å². The molecule has 2 nitrogen and oxygen atoms in total. The SMILES string of the molecule is COc1ccc(SCCN)cc1C. The monoisotopic (exact) mass is 197 g/mol. The van der Waals surface area contributed by atoms with E-state index in [1.54, 1.807) is 18.9 Å². The lowest BCUT2D eigenvalue weighted by atomic mass is 10.2. The standard InChI is InChI=1S/C10H15NOS/c1-8-7-9(13-6-5-11)3-4-10(8)12-2/h3-4,7H,5-6,11H2,1-2H3. The van der Waals surface area contributed by atoms with Crippen molar-refractivity contribution >= 4 is 11.8 Å². The second-order valence-corrected chi connectivity index (χ2v) is 3.94. The predicted molar refractivity (Wildman–Crippen MR) is 57.5 cm³/mol. The zero-order chi connectivity index (χ0) is 9.68. The summed E-state index contributed by atoms with van der Waals surface area (Å²) in [4.78, 5) is 1.25. The van der Waals surface area contributed by atoms with Crippen molar-refractivity contribution in [2.24, 2.45) is 5.73 Å². The van der Waals surface area contributed by atoms with Crippen molar-refractivity contribution < 1.29 is 4.74 Å². The molecule has 0 aromatic heterocycles. The van der Waals surface area contributed by atoms with Crippen LogP contribution < -0.4 is 10.5 Å². The van der Waals surface area contributed by atoms with Crippen LogP contribution in [0, 0.1) is 6.92 Å². The minimum absolute atomic E-state index is 0.718. The Balaban J connectivity index is 2.71. The van der Waals surface area contributed by atoms with Crippen LogP contribution in [0.1, 0.15) is 5.56 Å². The van der Waals surface area contributed by atoms with E-state index in [-0.39, 0.29) is 0 Å². The first-order valence-electron chi connectivity index (χ1n) is 4.25. The summed E-state index contributed by atoms with van der Waals surface area (Å²) in [6.07, 6.45) is 0. The van der Waals surface area contributed by atoms with Gasteiger partial charge >= 0.3 is 0 Å². The molecule has 0 aliphatic heterocycles. The molecule has 0 aliphatic carbocycles. The third-order valence-electron chi connectivity index (χ3n) is 1.75. The highest BCUT2D eigenvalue weighted by molar-refractivity contribution is 7.99. The van der Waals surface area contributed by atoms with Crippen LogP contribution in [-0.2, 0) is 0 Å². The van der Waals surface area contributed by atoms with Gasteiger partial charge in [0.25, 0.3) is 0 Å². The van der Waals surface area contributed by atoms with Gasteiger partial charge in [0.2, 0.25) is 0 Å². The van der Waals surface area contributed by atoms with E-state index in [4.69, 9.17) is 10.5 Å². The molecule has 1 aromatic rings. The minimum Gasteiger partial charge on any atom is -0.496 e. The van der Waals surface area contributed by atoms with Crippen molar-refractivity contribution in [3.63, 3.8) is 0 Å². The first-order valence-corrected chi connectivity index (χ1v) is 5.24. The van der Waals surface area contributed by atoms with Crippen molar-refractivity contribution in [3.05, 3.63) is 23.8 Å². The summed E-state index contributed by atoms with van der Waals surface area (Å²) >= 11 is 1.77. The zero-order valence-electron chi connectivity index (χ0n) is 8.04. The van der Waals surface area contributed by atoms with Gasteiger partial charge in [0, 0.05) is 17.2 Å². The lowest BCUT2D eigenvalue weighted by molar-refractivity contribution is 0.411. The van der Waals surface area contributed by atoms with Crippen molar-refractivity contribution in [2.75, 3.05) is 19.4 Å². The highest BCUT2D eigenvalue weighted by atomic mass is 32.2. The molecule has 0 fully saturated rings. The molecule has 3 heteroatoms. The van der Waals surface area contributed by atoms with Crippen molar-refractivity contribution in [2.45, 2.75) is 11.8 Å². The Morgan fingerprint density at radius 2 is 2.23 bits per heavy atom. The third-order valence-corrected chi connectivity index (χ3v) is 2.78. The van der Waals surface area contributed by atoms with E-state index in [1.165, 1.54) is 10.5 Å². The van der Waals surface area contributed by atoms with E-state index >= 15 is 0 Å². The Labute approximate surface area is 83.5 Å². The zero-order valence-corrected chi connectivity index (χ0v) is 8.86. The fraction of sp³-hybridized carbons (Fsp3) is 0.400. The molecular formula is C10H15NOS. The number of ether oxygens (including phenoxy) is 1. The maximum atomic E-state index is 5.42. The van der Waals surface area contributed by atoms with E-state index in [9.17, 15) is 0 Å². The van der Waals surface area contributed by atoms with Gasteiger partial charge in [-0.25, -0.2) is 0 Å². The smallest absolute Gasteiger partial charge is 0.121 e. The van der Waals surface area contributed by atoms with Crippen LogP contribution in [-0.4, -0.2) is 19.4 Å². The number of nitrogens with two attached hydrogens (primary N) is 1. The fourth-order valence-electron chi connectivity index (χ4n) is 1.12.